The fraction of sp³-hybridized carbons (Fsp3) is 0.417. The van der Waals surface area contributed by atoms with E-state index in [1.165, 1.54) is 12.2 Å². The van der Waals surface area contributed by atoms with Gasteiger partial charge in [0.25, 0.3) is 0 Å². The number of hydroxylamine groups is 2. The first-order valence-electron chi connectivity index (χ1n) is 5.20. The van der Waals surface area contributed by atoms with Crippen LogP contribution in [0.3, 0.4) is 0 Å². The SMILES string of the molecule is CON(C)C(=O)[C@@H](C)Cc1cc(Cl)cc(Cl)c1. The van der Waals surface area contributed by atoms with Crippen LogP contribution in [0, 0.1) is 5.92 Å². The normalized spacial score (nSPS) is 12.3. The van der Waals surface area contributed by atoms with Crippen LogP contribution in [-0.4, -0.2) is 25.1 Å². The molecule has 1 aromatic carbocycles. The molecule has 94 valence electrons. The Kier molecular flexibility index (Phi) is 5.25. The zero-order valence-corrected chi connectivity index (χ0v) is 11.5. The Morgan fingerprint density at radius 3 is 2.35 bits per heavy atom. The summed E-state index contributed by atoms with van der Waals surface area (Å²) in [5.41, 5.74) is 0.938. The van der Waals surface area contributed by atoms with E-state index in [4.69, 9.17) is 28.0 Å². The largest absolute Gasteiger partial charge is 0.275 e. The van der Waals surface area contributed by atoms with Gasteiger partial charge in [-0.2, -0.15) is 0 Å². The van der Waals surface area contributed by atoms with Crippen molar-refractivity contribution in [1.82, 2.24) is 5.06 Å². The summed E-state index contributed by atoms with van der Waals surface area (Å²) in [5.74, 6) is -0.266. The van der Waals surface area contributed by atoms with E-state index >= 15 is 0 Å². The van der Waals surface area contributed by atoms with E-state index in [0.29, 0.717) is 16.5 Å². The number of benzene rings is 1. The topological polar surface area (TPSA) is 29.5 Å². The smallest absolute Gasteiger partial charge is 0.248 e. The Hall–Kier alpha value is -0.770. The number of amides is 1. The summed E-state index contributed by atoms with van der Waals surface area (Å²) < 4.78 is 0. The summed E-state index contributed by atoms with van der Waals surface area (Å²) in [5, 5.41) is 2.37. The molecule has 0 aliphatic carbocycles. The highest BCUT2D eigenvalue weighted by molar-refractivity contribution is 6.34. The van der Waals surface area contributed by atoms with Crippen molar-refractivity contribution in [2.24, 2.45) is 5.92 Å². The van der Waals surface area contributed by atoms with E-state index in [-0.39, 0.29) is 11.8 Å². The molecule has 1 aromatic rings. The van der Waals surface area contributed by atoms with Gasteiger partial charge in [-0.05, 0) is 30.2 Å². The van der Waals surface area contributed by atoms with Crippen LogP contribution in [0.4, 0.5) is 0 Å². The van der Waals surface area contributed by atoms with Gasteiger partial charge in [0.15, 0.2) is 0 Å². The van der Waals surface area contributed by atoms with Gasteiger partial charge in [0, 0.05) is 23.0 Å². The number of carbonyl (C=O) groups is 1. The third-order valence-electron chi connectivity index (χ3n) is 2.47. The van der Waals surface area contributed by atoms with Crippen molar-refractivity contribution in [1.29, 1.82) is 0 Å². The van der Waals surface area contributed by atoms with E-state index < -0.39 is 0 Å². The predicted molar refractivity (Wildman–Crippen MR) is 69.1 cm³/mol. The lowest BCUT2D eigenvalue weighted by Gasteiger charge is -2.18. The van der Waals surface area contributed by atoms with Crippen molar-refractivity contribution < 1.29 is 9.63 Å². The Bertz CT molecular complexity index is 389. The van der Waals surface area contributed by atoms with E-state index in [2.05, 4.69) is 0 Å². The second-order valence-electron chi connectivity index (χ2n) is 3.90. The van der Waals surface area contributed by atoms with Crippen LogP contribution in [0.2, 0.25) is 10.0 Å². The number of halogens is 2. The van der Waals surface area contributed by atoms with Gasteiger partial charge in [0.2, 0.25) is 5.91 Å². The van der Waals surface area contributed by atoms with Crippen LogP contribution in [0.15, 0.2) is 18.2 Å². The van der Waals surface area contributed by atoms with Gasteiger partial charge in [-0.3, -0.25) is 9.63 Å². The first-order valence-corrected chi connectivity index (χ1v) is 5.96. The van der Waals surface area contributed by atoms with Crippen molar-refractivity contribution in [2.45, 2.75) is 13.3 Å². The molecule has 0 spiro atoms. The van der Waals surface area contributed by atoms with Crippen LogP contribution < -0.4 is 0 Å². The van der Waals surface area contributed by atoms with Gasteiger partial charge in [-0.15, -0.1) is 0 Å². The molecule has 3 nitrogen and oxygen atoms in total. The number of rotatable bonds is 4. The van der Waals surface area contributed by atoms with Crippen molar-refractivity contribution in [3.63, 3.8) is 0 Å². The third kappa shape index (κ3) is 4.19. The Morgan fingerprint density at radius 2 is 1.88 bits per heavy atom. The Labute approximate surface area is 111 Å². The number of carbonyl (C=O) groups excluding carboxylic acids is 1. The minimum Gasteiger partial charge on any atom is -0.275 e. The van der Waals surface area contributed by atoms with Crippen molar-refractivity contribution >= 4 is 29.1 Å². The molecular weight excluding hydrogens is 261 g/mol. The van der Waals surface area contributed by atoms with E-state index in [9.17, 15) is 4.79 Å². The van der Waals surface area contributed by atoms with Crippen LogP contribution >= 0.6 is 23.2 Å². The highest BCUT2D eigenvalue weighted by Gasteiger charge is 2.18. The average Bonchev–Trinajstić information content (AvgIpc) is 2.25. The molecule has 0 saturated carbocycles. The van der Waals surface area contributed by atoms with E-state index in [1.807, 2.05) is 19.1 Å². The van der Waals surface area contributed by atoms with Crippen LogP contribution in [0.25, 0.3) is 0 Å². The molecular formula is C12H15Cl2NO2. The van der Waals surface area contributed by atoms with E-state index in [0.717, 1.165) is 5.56 Å². The number of nitrogens with zero attached hydrogens (tertiary/aromatic N) is 1. The molecule has 0 aromatic heterocycles. The number of hydrogen-bond acceptors (Lipinski definition) is 2. The second kappa shape index (κ2) is 6.24. The summed E-state index contributed by atoms with van der Waals surface area (Å²) in [6.07, 6.45) is 0.576. The Morgan fingerprint density at radius 1 is 1.35 bits per heavy atom. The molecule has 0 radical (unpaired) electrons. The average molecular weight is 276 g/mol. The summed E-state index contributed by atoms with van der Waals surface area (Å²) in [6.45, 7) is 1.84. The first kappa shape index (κ1) is 14.3. The van der Waals surface area contributed by atoms with Crippen LogP contribution in [0.1, 0.15) is 12.5 Å². The van der Waals surface area contributed by atoms with Crippen molar-refractivity contribution in [2.75, 3.05) is 14.2 Å². The zero-order valence-electron chi connectivity index (χ0n) is 10.0. The summed E-state index contributed by atoms with van der Waals surface area (Å²) in [6, 6.07) is 5.29. The molecule has 0 saturated heterocycles. The standard InChI is InChI=1S/C12H15Cl2NO2/c1-8(12(16)15(2)17-3)4-9-5-10(13)7-11(14)6-9/h5-8H,4H2,1-3H3/t8-/m0/s1. The molecule has 1 rings (SSSR count). The van der Waals surface area contributed by atoms with Gasteiger partial charge in [0.05, 0.1) is 7.11 Å². The zero-order chi connectivity index (χ0) is 13.0. The van der Waals surface area contributed by atoms with Gasteiger partial charge < -0.3 is 0 Å². The molecule has 0 aliphatic rings. The molecule has 1 amide bonds. The molecule has 1 atom stereocenters. The fourth-order valence-corrected chi connectivity index (χ4v) is 2.14. The van der Waals surface area contributed by atoms with Gasteiger partial charge >= 0.3 is 0 Å². The molecule has 0 N–H and O–H groups in total. The maximum Gasteiger partial charge on any atom is 0.248 e. The van der Waals surface area contributed by atoms with Crippen LogP contribution in [-0.2, 0) is 16.1 Å². The minimum atomic E-state index is -0.186. The monoisotopic (exact) mass is 275 g/mol. The lowest BCUT2D eigenvalue weighted by Crippen LogP contribution is -2.31. The highest BCUT2D eigenvalue weighted by Crippen LogP contribution is 2.21. The molecule has 0 heterocycles. The van der Waals surface area contributed by atoms with Crippen LogP contribution in [0.5, 0.6) is 0 Å². The predicted octanol–water partition coefficient (Wildman–Crippen LogP) is 3.19. The lowest BCUT2D eigenvalue weighted by molar-refractivity contribution is -0.172. The Balaban J connectivity index is 2.74. The maximum absolute atomic E-state index is 11.8. The van der Waals surface area contributed by atoms with E-state index in [1.54, 1.807) is 13.1 Å². The molecule has 17 heavy (non-hydrogen) atoms. The summed E-state index contributed by atoms with van der Waals surface area (Å²) in [4.78, 5) is 16.6. The summed E-state index contributed by atoms with van der Waals surface area (Å²) >= 11 is 11.8. The van der Waals surface area contributed by atoms with Gasteiger partial charge in [-0.1, -0.05) is 30.1 Å². The van der Waals surface area contributed by atoms with Gasteiger partial charge in [-0.25, -0.2) is 5.06 Å². The highest BCUT2D eigenvalue weighted by atomic mass is 35.5. The second-order valence-corrected chi connectivity index (χ2v) is 4.77. The van der Waals surface area contributed by atoms with Crippen molar-refractivity contribution in [3.8, 4) is 0 Å². The van der Waals surface area contributed by atoms with Crippen molar-refractivity contribution in [3.05, 3.63) is 33.8 Å². The first-order chi connectivity index (χ1) is 7.93. The fourth-order valence-electron chi connectivity index (χ4n) is 1.57. The minimum absolute atomic E-state index is 0.0800. The quantitative estimate of drug-likeness (QED) is 0.790. The lowest BCUT2D eigenvalue weighted by atomic mass is 10.0. The maximum atomic E-state index is 11.8. The molecule has 0 aliphatic heterocycles. The molecule has 5 heteroatoms. The molecule has 0 fully saturated rings. The number of hydrogen-bond donors (Lipinski definition) is 0. The molecule has 0 bridgehead atoms. The summed E-state index contributed by atoms with van der Waals surface area (Å²) in [7, 11) is 3.05. The third-order valence-corrected chi connectivity index (χ3v) is 2.91. The van der Waals surface area contributed by atoms with Gasteiger partial charge in [0.1, 0.15) is 0 Å². The molecule has 0 unspecified atom stereocenters.